The fourth-order valence-electron chi connectivity index (χ4n) is 1.80. The molecule has 0 radical (unpaired) electrons. The Morgan fingerprint density at radius 2 is 2.05 bits per heavy atom. The lowest BCUT2D eigenvalue weighted by Gasteiger charge is -2.22. The van der Waals surface area contributed by atoms with Gasteiger partial charge in [-0.3, -0.25) is 4.79 Å². The number of benzene rings is 1. The molecule has 0 aliphatic carbocycles. The molecule has 1 aromatic rings. The van der Waals surface area contributed by atoms with Crippen molar-refractivity contribution in [3.8, 4) is 5.75 Å². The number of hydrogen-bond donors (Lipinski definition) is 1. The van der Waals surface area contributed by atoms with Gasteiger partial charge in [0.15, 0.2) is 0 Å². The molecule has 0 atom stereocenters. The Hall–Kier alpha value is -1.59. The van der Waals surface area contributed by atoms with Crippen molar-refractivity contribution >= 4 is 5.91 Å². The third-order valence-corrected chi connectivity index (χ3v) is 2.81. The van der Waals surface area contributed by atoms with E-state index >= 15 is 0 Å². The van der Waals surface area contributed by atoms with E-state index in [4.69, 9.17) is 14.6 Å². The van der Waals surface area contributed by atoms with Crippen LogP contribution < -0.4 is 4.74 Å². The van der Waals surface area contributed by atoms with Crippen molar-refractivity contribution in [1.29, 1.82) is 0 Å². The molecule has 106 valence electrons. The zero-order valence-electron chi connectivity index (χ0n) is 11.7. The van der Waals surface area contributed by atoms with E-state index in [2.05, 4.69) is 0 Å². The van der Waals surface area contributed by atoms with Crippen LogP contribution in [0.5, 0.6) is 5.75 Å². The molecule has 1 aromatic carbocycles. The van der Waals surface area contributed by atoms with Gasteiger partial charge in [0.1, 0.15) is 5.75 Å². The monoisotopic (exact) mass is 267 g/mol. The van der Waals surface area contributed by atoms with Crippen molar-refractivity contribution in [3.05, 3.63) is 29.3 Å². The summed E-state index contributed by atoms with van der Waals surface area (Å²) in [7, 11) is 3.11. The molecule has 1 rings (SSSR count). The Morgan fingerprint density at radius 1 is 1.32 bits per heavy atom. The van der Waals surface area contributed by atoms with E-state index in [1.807, 2.05) is 13.0 Å². The van der Waals surface area contributed by atoms with Crippen LogP contribution in [0.1, 0.15) is 15.9 Å². The minimum absolute atomic E-state index is 0.0798. The van der Waals surface area contributed by atoms with Crippen molar-refractivity contribution in [2.45, 2.75) is 6.92 Å². The fourth-order valence-corrected chi connectivity index (χ4v) is 1.80. The van der Waals surface area contributed by atoms with Crippen LogP contribution in [0.15, 0.2) is 18.2 Å². The molecule has 0 saturated carbocycles. The van der Waals surface area contributed by atoms with Crippen LogP contribution in [-0.2, 0) is 4.74 Å². The smallest absolute Gasteiger partial charge is 0.257 e. The highest BCUT2D eigenvalue weighted by molar-refractivity contribution is 5.97. The van der Waals surface area contributed by atoms with Crippen molar-refractivity contribution in [1.82, 2.24) is 4.90 Å². The number of aliphatic hydroxyl groups excluding tert-OH is 1. The van der Waals surface area contributed by atoms with Crippen LogP contribution in [0.4, 0.5) is 0 Å². The predicted molar refractivity (Wildman–Crippen MR) is 72.6 cm³/mol. The number of amides is 1. The van der Waals surface area contributed by atoms with E-state index in [9.17, 15) is 4.79 Å². The molecule has 19 heavy (non-hydrogen) atoms. The highest BCUT2D eigenvalue weighted by atomic mass is 16.5. The number of rotatable bonds is 7. The molecule has 0 aliphatic rings. The predicted octanol–water partition coefficient (Wildman–Crippen LogP) is 1.08. The van der Waals surface area contributed by atoms with Crippen molar-refractivity contribution in [2.24, 2.45) is 0 Å². The fraction of sp³-hybridized carbons (Fsp3) is 0.500. The topological polar surface area (TPSA) is 59.0 Å². The highest BCUT2D eigenvalue weighted by Gasteiger charge is 2.19. The molecule has 0 saturated heterocycles. The first-order chi connectivity index (χ1) is 9.13. The highest BCUT2D eigenvalue weighted by Crippen LogP contribution is 2.21. The first kappa shape index (κ1) is 15.5. The minimum Gasteiger partial charge on any atom is -0.496 e. The molecule has 0 bridgehead atoms. The van der Waals surface area contributed by atoms with Crippen LogP contribution in [0.3, 0.4) is 0 Å². The number of hydrogen-bond acceptors (Lipinski definition) is 4. The molecule has 5 nitrogen and oxygen atoms in total. The number of aryl methyl sites for hydroxylation is 1. The summed E-state index contributed by atoms with van der Waals surface area (Å²) in [5.74, 6) is 0.377. The maximum Gasteiger partial charge on any atom is 0.257 e. The summed E-state index contributed by atoms with van der Waals surface area (Å²) in [6, 6.07) is 5.45. The summed E-state index contributed by atoms with van der Waals surface area (Å²) >= 11 is 0. The summed E-state index contributed by atoms with van der Waals surface area (Å²) in [4.78, 5) is 14.0. The standard InChI is InChI=1S/C14H21NO4/c1-11-4-5-13(19-3)12(10-11)14(17)15(6-8-16)7-9-18-2/h4-5,10,16H,6-9H2,1-3H3. The molecule has 1 N–H and O–H groups in total. The molecule has 1 amide bonds. The zero-order valence-corrected chi connectivity index (χ0v) is 11.7. The van der Waals surface area contributed by atoms with Gasteiger partial charge in [0.05, 0.1) is 25.9 Å². The SMILES string of the molecule is COCCN(CCO)C(=O)c1cc(C)ccc1OC. The zero-order chi connectivity index (χ0) is 14.3. The first-order valence-electron chi connectivity index (χ1n) is 6.17. The number of ether oxygens (including phenoxy) is 2. The number of carbonyl (C=O) groups excluding carboxylic acids is 1. The quantitative estimate of drug-likeness (QED) is 0.803. The Labute approximate surface area is 113 Å². The average Bonchev–Trinajstić information content (AvgIpc) is 2.42. The van der Waals surface area contributed by atoms with Crippen LogP contribution >= 0.6 is 0 Å². The largest absolute Gasteiger partial charge is 0.496 e. The van der Waals surface area contributed by atoms with E-state index in [1.54, 1.807) is 24.1 Å². The van der Waals surface area contributed by atoms with Gasteiger partial charge in [-0.25, -0.2) is 0 Å². The molecule has 0 aromatic heterocycles. The Balaban J connectivity index is 2.97. The van der Waals surface area contributed by atoms with Crippen LogP contribution in [0.25, 0.3) is 0 Å². The maximum atomic E-state index is 12.5. The summed E-state index contributed by atoms with van der Waals surface area (Å²) in [5.41, 5.74) is 1.49. The van der Waals surface area contributed by atoms with Crippen LogP contribution in [0.2, 0.25) is 0 Å². The number of nitrogens with zero attached hydrogens (tertiary/aromatic N) is 1. The molecule has 5 heteroatoms. The molecule has 0 heterocycles. The van der Waals surface area contributed by atoms with Gasteiger partial charge in [0, 0.05) is 20.2 Å². The lowest BCUT2D eigenvalue weighted by Crippen LogP contribution is -2.36. The van der Waals surface area contributed by atoms with Crippen molar-refractivity contribution in [3.63, 3.8) is 0 Å². The lowest BCUT2D eigenvalue weighted by molar-refractivity contribution is 0.0653. The number of aliphatic hydroxyl groups is 1. The second kappa shape index (κ2) is 7.76. The first-order valence-corrected chi connectivity index (χ1v) is 6.17. The van der Waals surface area contributed by atoms with Gasteiger partial charge in [-0.1, -0.05) is 11.6 Å². The van der Waals surface area contributed by atoms with Gasteiger partial charge in [0.25, 0.3) is 5.91 Å². The summed E-state index contributed by atoms with van der Waals surface area (Å²) < 4.78 is 10.2. The molecule has 0 fully saturated rings. The molecular formula is C14H21NO4. The van der Waals surface area contributed by atoms with Gasteiger partial charge >= 0.3 is 0 Å². The van der Waals surface area contributed by atoms with E-state index in [0.29, 0.717) is 24.5 Å². The van der Waals surface area contributed by atoms with E-state index < -0.39 is 0 Å². The second-order valence-corrected chi connectivity index (χ2v) is 4.21. The Morgan fingerprint density at radius 3 is 2.63 bits per heavy atom. The maximum absolute atomic E-state index is 12.5. The van der Waals surface area contributed by atoms with Crippen molar-refractivity contribution < 1.29 is 19.4 Å². The van der Waals surface area contributed by atoms with Gasteiger partial charge in [-0.15, -0.1) is 0 Å². The van der Waals surface area contributed by atoms with Gasteiger partial charge < -0.3 is 19.5 Å². The van der Waals surface area contributed by atoms with E-state index in [-0.39, 0.29) is 19.1 Å². The van der Waals surface area contributed by atoms with E-state index in [1.165, 1.54) is 7.11 Å². The van der Waals surface area contributed by atoms with Gasteiger partial charge in [-0.2, -0.15) is 0 Å². The van der Waals surface area contributed by atoms with Crippen molar-refractivity contribution in [2.75, 3.05) is 40.5 Å². The van der Waals surface area contributed by atoms with E-state index in [0.717, 1.165) is 5.56 Å². The third-order valence-electron chi connectivity index (χ3n) is 2.81. The summed E-state index contributed by atoms with van der Waals surface area (Å²) in [6.45, 7) is 2.98. The third kappa shape index (κ3) is 4.22. The molecule has 0 aliphatic heterocycles. The molecule has 0 unspecified atom stereocenters. The number of methoxy groups -OCH3 is 2. The Bertz CT molecular complexity index is 420. The minimum atomic E-state index is -0.161. The normalized spacial score (nSPS) is 10.3. The summed E-state index contributed by atoms with van der Waals surface area (Å²) in [6.07, 6.45) is 0. The average molecular weight is 267 g/mol. The number of carbonyl (C=O) groups is 1. The van der Waals surface area contributed by atoms with Crippen LogP contribution in [0, 0.1) is 6.92 Å². The van der Waals surface area contributed by atoms with Crippen LogP contribution in [-0.4, -0.2) is 56.4 Å². The second-order valence-electron chi connectivity index (χ2n) is 4.21. The lowest BCUT2D eigenvalue weighted by atomic mass is 10.1. The summed E-state index contributed by atoms with van der Waals surface area (Å²) in [5, 5.41) is 9.05. The molecular weight excluding hydrogens is 246 g/mol. The van der Waals surface area contributed by atoms with Gasteiger partial charge in [0.2, 0.25) is 0 Å². The van der Waals surface area contributed by atoms with Gasteiger partial charge in [-0.05, 0) is 19.1 Å². The Kier molecular flexibility index (Phi) is 6.32. The molecule has 0 spiro atoms.